The molecule has 1 N–H and O–H groups in total. The van der Waals surface area contributed by atoms with Gasteiger partial charge >= 0.3 is 0 Å². The Balaban J connectivity index is 2.48. The number of hydrogen-bond acceptors (Lipinski definition) is 2. The van der Waals surface area contributed by atoms with Gasteiger partial charge in [-0.2, -0.15) is 0 Å². The molecule has 0 aliphatic heterocycles. The monoisotopic (exact) mass is 260 g/mol. The van der Waals surface area contributed by atoms with E-state index in [1.807, 2.05) is 12.1 Å². The van der Waals surface area contributed by atoms with Gasteiger partial charge in [-0.15, -0.1) is 11.3 Å². The van der Waals surface area contributed by atoms with Crippen LogP contribution in [-0.4, -0.2) is 5.11 Å². The van der Waals surface area contributed by atoms with Crippen LogP contribution in [0.25, 0.3) is 0 Å². The molecule has 0 radical (unpaired) electrons. The lowest BCUT2D eigenvalue weighted by molar-refractivity contribution is 0.137. The SMILES string of the molecule is CC(CC(O)c1ccc(Cl)s1)CC(C)(C)C. The molecule has 0 aliphatic rings. The summed E-state index contributed by atoms with van der Waals surface area (Å²) in [6.07, 6.45) is 1.58. The summed E-state index contributed by atoms with van der Waals surface area (Å²) < 4.78 is 0.748. The Labute approximate surface area is 107 Å². The summed E-state index contributed by atoms with van der Waals surface area (Å²) in [5.74, 6) is 0.524. The van der Waals surface area contributed by atoms with Gasteiger partial charge < -0.3 is 5.11 Å². The van der Waals surface area contributed by atoms with Crippen LogP contribution >= 0.6 is 22.9 Å². The van der Waals surface area contributed by atoms with Crippen LogP contribution in [0.5, 0.6) is 0 Å². The summed E-state index contributed by atoms with van der Waals surface area (Å²) in [7, 11) is 0. The van der Waals surface area contributed by atoms with Crippen molar-refractivity contribution in [3.05, 3.63) is 21.3 Å². The minimum Gasteiger partial charge on any atom is -0.388 e. The van der Waals surface area contributed by atoms with Gasteiger partial charge in [0.25, 0.3) is 0 Å². The van der Waals surface area contributed by atoms with E-state index in [0.29, 0.717) is 11.3 Å². The lowest BCUT2D eigenvalue weighted by Crippen LogP contribution is -2.13. The van der Waals surface area contributed by atoms with E-state index in [1.54, 1.807) is 0 Å². The standard InChI is InChI=1S/C13H21ClOS/c1-9(8-13(2,3)4)7-10(15)11-5-6-12(14)16-11/h5-6,9-10,15H,7-8H2,1-4H3. The van der Waals surface area contributed by atoms with Crippen molar-refractivity contribution in [1.82, 2.24) is 0 Å². The second-order valence-corrected chi connectivity index (χ2v) is 7.51. The van der Waals surface area contributed by atoms with Crippen LogP contribution in [0.15, 0.2) is 12.1 Å². The largest absolute Gasteiger partial charge is 0.388 e. The van der Waals surface area contributed by atoms with Crippen LogP contribution < -0.4 is 0 Å². The third-order valence-corrected chi connectivity index (χ3v) is 3.84. The number of hydrogen-bond donors (Lipinski definition) is 1. The van der Waals surface area contributed by atoms with Gasteiger partial charge in [0.2, 0.25) is 0 Å². The Morgan fingerprint density at radius 3 is 2.44 bits per heavy atom. The van der Waals surface area contributed by atoms with Gasteiger partial charge in [0.05, 0.1) is 10.4 Å². The molecule has 0 saturated carbocycles. The van der Waals surface area contributed by atoms with Crippen molar-refractivity contribution < 1.29 is 5.11 Å². The Morgan fingerprint density at radius 1 is 1.38 bits per heavy atom. The van der Waals surface area contributed by atoms with E-state index < -0.39 is 0 Å². The fourth-order valence-electron chi connectivity index (χ4n) is 2.13. The van der Waals surface area contributed by atoms with Crippen LogP contribution in [0.2, 0.25) is 4.34 Å². The third kappa shape index (κ3) is 4.86. The maximum atomic E-state index is 10.1. The molecule has 0 fully saturated rings. The molecule has 1 heterocycles. The number of rotatable bonds is 4. The lowest BCUT2D eigenvalue weighted by atomic mass is 9.83. The highest BCUT2D eigenvalue weighted by Crippen LogP contribution is 2.33. The lowest BCUT2D eigenvalue weighted by Gasteiger charge is -2.24. The van der Waals surface area contributed by atoms with Crippen molar-refractivity contribution >= 4 is 22.9 Å². The predicted octanol–water partition coefficient (Wildman–Crippen LogP) is 4.90. The maximum absolute atomic E-state index is 10.1. The molecule has 3 heteroatoms. The van der Waals surface area contributed by atoms with Crippen LogP contribution in [0, 0.1) is 11.3 Å². The summed E-state index contributed by atoms with van der Waals surface area (Å²) in [5.41, 5.74) is 0.326. The first kappa shape index (κ1) is 14.0. The molecule has 0 spiro atoms. The zero-order valence-electron chi connectivity index (χ0n) is 10.5. The second kappa shape index (κ2) is 5.52. The van der Waals surface area contributed by atoms with E-state index in [1.165, 1.54) is 11.3 Å². The summed E-state index contributed by atoms with van der Waals surface area (Å²) in [6.45, 7) is 8.90. The molecule has 1 rings (SSSR count). The molecule has 2 unspecified atom stereocenters. The average molecular weight is 261 g/mol. The van der Waals surface area contributed by atoms with Crippen molar-refractivity contribution in [2.24, 2.45) is 11.3 Å². The predicted molar refractivity (Wildman–Crippen MR) is 72.1 cm³/mol. The summed E-state index contributed by atoms with van der Waals surface area (Å²) in [5, 5.41) is 10.1. The first-order chi connectivity index (χ1) is 7.28. The minimum absolute atomic E-state index is 0.326. The molecule has 1 aromatic rings. The zero-order valence-corrected chi connectivity index (χ0v) is 12.0. The minimum atomic E-state index is -0.366. The highest BCUT2D eigenvalue weighted by Gasteiger charge is 2.19. The fraction of sp³-hybridized carbons (Fsp3) is 0.692. The molecule has 2 atom stereocenters. The van der Waals surface area contributed by atoms with E-state index in [0.717, 1.165) is 22.1 Å². The Kier molecular flexibility index (Phi) is 4.84. The third-order valence-electron chi connectivity index (χ3n) is 2.51. The van der Waals surface area contributed by atoms with Crippen molar-refractivity contribution in [2.75, 3.05) is 0 Å². The van der Waals surface area contributed by atoms with E-state index in [9.17, 15) is 5.11 Å². The Hall–Kier alpha value is -0.0500. The molecule has 16 heavy (non-hydrogen) atoms. The van der Waals surface area contributed by atoms with Crippen molar-refractivity contribution in [2.45, 2.75) is 46.6 Å². The summed E-state index contributed by atoms with van der Waals surface area (Å²) in [4.78, 5) is 0.978. The van der Waals surface area contributed by atoms with Gasteiger partial charge in [-0.05, 0) is 36.3 Å². The molecule has 0 saturated heterocycles. The quantitative estimate of drug-likeness (QED) is 0.817. The number of aliphatic hydroxyl groups excluding tert-OH is 1. The maximum Gasteiger partial charge on any atom is 0.0932 e. The normalized spacial score (nSPS) is 16.1. The van der Waals surface area contributed by atoms with E-state index in [2.05, 4.69) is 27.7 Å². The van der Waals surface area contributed by atoms with E-state index in [4.69, 9.17) is 11.6 Å². The van der Waals surface area contributed by atoms with Crippen molar-refractivity contribution in [1.29, 1.82) is 0 Å². The smallest absolute Gasteiger partial charge is 0.0932 e. The van der Waals surface area contributed by atoms with Gasteiger partial charge in [-0.3, -0.25) is 0 Å². The first-order valence-corrected chi connectivity index (χ1v) is 6.90. The molecule has 1 nitrogen and oxygen atoms in total. The summed E-state index contributed by atoms with van der Waals surface area (Å²) in [6, 6.07) is 3.76. The molecule has 1 aromatic heterocycles. The molecular formula is C13H21ClOS. The Bertz CT molecular complexity index is 327. The molecule has 0 amide bonds. The second-order valence-electron chi connectivity index (χ2n) is 5.76. The van der Waals surface area contributed by atoms with Crippen LogP contribution in [0.3, 0.4) is 0 Å². The van der Waals surface area contributed by atoms with Crippen LogP contribution in [-0.2, 0) is 0 Å². The topological polar surface area (TPSA) is 20.2 Å². The molecular weight excluding hydrogens is 240 g/mol. The van der Waals surface area contributed by atoms with Gasteiger partial charge in [-0.25, -0.2) is 0 Å². The van der Waals surface area contributed by atoms with Crippen molar-refractivity contribution in [3.63, 3.8) is 0 Å². The van der Waals surface area contributed by atoms with E-state index in [-0.39, 0.29) is 6.10 Å². The van der Waals surface area contributed by atoms with Crippen LogP contribution in [0.1, 0.15) is 51.5 Å². The van der Waals surface area contributed by atoms with Gasteiger partial charge in [0.1, 0.15) is 0 Å². The summed E-state index contributed by atoms with van der Waals surface area (Å²) >= 11 is 7.33. The van der Waals surface area contributed by atoms with E-state index >= 15 is 0 Å². The number of thiophene rings is 1. The molecule has 0 bridgehead atoms. The van der Waals surface area contributed by atoms with Gasteiger partial charge in [-0.1, -0.05) is 39.3 Å². The highest BCUT2D eigenvalue weighted by atomic mass is 35.5. The highest BCUT2D eigenvalue weighted by molar-refractivity contribution is 7.16. The van der Waals surface area contributed by atoms with Crippen molar-refractivity contribution in [3.8, 4) is 0 Å². The molecule has 0 aliphatic carbocycles. The number of aliphatic hydroxyl groups is 1. The molecule has 0 aromatic carbocycles. The Morgan fingerprint density at radius 2 is 2.00 bits per heavy atom. The van der Waals surface area contributed by atoms with Crippen LogP contribution in [0.4, 0.5) is 0 Å². The first-order valence-electron chi connectivity index (χ1n) is 5.71. The molecule has 92 valence electrons. The zero-order chi connectivity index (χ0) is 12.3. The number of halogens is 1. The average Bonchev–Trinajstić information content (AvgIpc) is 2.47. The van der Waals surface area contributed by atoms with Gasteiger partial charge in [0, 0.05) is 4.88 Å². The van der Waals surface area contributed by atoms with Gasteiger partial charge in [0.15, 0.2) is 0 Å². The fourth-order valence-corrected chi connectivity index (χ4v) is 3.19.